The molecule has 0 bridgehead atoms. The van der Waals surface area contributed by atoms with E-state index in [-0.39, 0.29) is 42.6 Å². The molecule has 1 aromatic heterocycles. The number of benzene rings is 3. The van der Waals surface area contributed by atoms with Crippen LogP contribution in [0.4, 0.5) is 0 Å². The van der Waals surface area contributed by atoms with Gasteiger partial charge in [0.2, 0.25) is 0 Å². The molecule has 3 atom stereocenters. The van der Waals surface area contributed by atoms with Crippen LogP contribution in [0.1, 0.15) is 51.0 Å². The van der Waals surface area contributed by atoms with Crippen molar-refractivity contribution in [1.29, 1.82) is 0 Å². The maximum atomic E-state index is 13.7. The quantitative estimate of drug-likeness (QED) is 0.235. The molecular weight excluding hydrogens is 584 g/mol. The highest BCUT2D eigenvalue weighted by Crippen LogP contribution is 2.39. The molecule has 1 fully saturated rings. The van der Waals surface area contributed by atoms with Crippen molar-refractivity contribution in [2.24, 2.45) is 5.92 Å². The van der Waals surface area contributed by atoms with Gasteiger partial charge in [0.1, 0.15) is 13.0 Å². The lowest BCUT2D eigenvalue weighted by Gasteiger charge is -2.43. The number of nitrogens with zero attached hydrogens (tertiary/aromatic N) is 2. The van der Waals surface area contributed by atoms with Crippen LogP contribution < -0.4 is 21.6 Å². The summed E-state index contributed by atoms with van der Waals surface area (Å²) in [5.74, 6) is -0.0415. The van der Waals surface area contributed by atoms with Crippen molar-refractivity contribution in [3.8, 4) is 0 Å². The van der Waals surface area contributed by atoms with Crippen LogP contribution in [0.3, 0.4) is 0 Å². The molecule has 3 aromatic carbocycles. The van der Waals surface area contributed by atoms with E-state index in [0.29, 0.717) is 25.0 Å². The molecule has 0 radical (unpaired) electrons. The molecule has 0 unspecified atom stereocenters. The maximum Gasteiger partial charge on any atom is 0.335 e. The van der Waals surface area contributed by atoms with Gasteiger partial charge >= 0.3 is 5.69 Å². The zero-order valence-electron chi connectivity index (χ0n) is 26.6. The van der Waals surface area contributed by atoms with Gasteiger partial charge in [0.15, 0.2) is 0 Å². The van der Waals surface area contributed by atoms with Gasteiger partial charge in [-0.15, -0.1) is 0 Å². The fraction of sp³-hybridized carbons (Fsp3) is 0.389. The maximum absolute atomic E-state index is 13.7. The van der Waals surface area contributed by atoms with Crippen LogP contribution in [0.15, 0.2) is 107 Å². The number of aromatic nitrogens is 2. The Morgan fingerprint density at radius 1 is 0.911 bits per heavy atom. The van der Waals surface area contributed by atoms with Gasteiger partial charge in [0, 0.05) is 18.4 Å². The molecule has 1 saturated heterocycles. The van der Waals surface area contributed by atoms with Crippen molar-refractivity contribution < 1.29 is 19.0 Å². The third kappa shape index (κ3) is 6.98. The summed E-state index contributed by atoms with van der Waals surface area (Å²) in [6.07, 6.45) is 1.63. The molecule has 1 N–H and O–H groups in total. The van der Waals surface area contributed by atoms with Crippen molar-refractivity contribution in [1.82, 2.24) is 9.13 Å². The Hall–Kier alpha value is -3.60. The van der Waals surface area contributed by atoms with Crippen molar-refractivity contribution in [2.45, 2.75) is 71.2 Å². The average molecular weight is 629 g/mol. The molecular formula is C36H44N2O6Si. The minimum atomic E-state index is -2.82. The molecule has 1 aliphatic rings. The van der Waals surface area contributed by atoms with E-state index in [1.807, 2.05) is 42.5 Å². The molecule has 5 rings (SSSR count). The third-order valence-corrected chi connectivity index (χ3v) is 13.8. The van der Waals surface area contributed by atoms with E-state index < -0.39 is 20.2 Å². The highest BCUT2D eigenvalue weighted by molar-refractivity contribution is 6.99. The monoisotopic (exact) mass is 628 g/mol. The smallest absolute Gasteiger partial charge is 0.335 e. The Morgan fingerprint density at radius 3 is 2.04 bits per heavy atom. The number of ether oxygens (including phenoxy) is 2. The molecule has 0 saturated carbocycles. The number of aliphatic hydroxyl groups is 1. The van der Waals surface area contributed by atoms with Crippen LogP contribution in [0.25, 0.3) is 0 Å². The largest absolute Gasteiger partial charge is 0.405 e. The van der Waals surface area contributed by atoms with Crippen molar-refractivity contribution in [2.75, 3.05) is 13.2 Å². The first kappa shape index (κ1) is 32.8. The Labute approximate surface area is 266 Å². The first-order valence-electron chi connectivity index (χ1n) is 15.6. The number of hydrogen-bond acceptors (Lipinski definition) is 6. The van der Waals surface area contributed by atoms with E-state index in [4.69, 9.17) is 13.9 Å². The number of hydrogen-bond donors (Lipinski definition) is 1. The summed E-state index contributed by atoms with van der Waals surface area (Å²) in [6, 6.07) is 30.5. The van der Waals surface area contributed by atoms with Gasteiger partial charge in [-0.1, -0.05) is 112 Å². The fourth-order valence-electron chi connectivity index (χ4n) is 6.48. The topological polar surface area (TPSA) is 91.9 Å². The third-order valence-electron chi connectivity index (χ3n) is 8.75. The van der Waals surface area contributed by atoms with Gasteiger partial charge in [-0.3, -0.25) is 9.36 Å². The van der Waals surface area contributed by atoms with Crippen LogP contribution in [0, 0.1) is 12.8 Å². The zero-order valence-corrected chi connectivity index (χ0v) is 27.6. The molecule has 0 aliphatic carbocycles. The molecule has 8 nitrogen and oxygen atoms in total. The van der Waals surface area contributed by atoms with Gasteiger partial charge in [-0.25, -0.2) is 9.36 Å². The van der Waals surface area contributed by atoms with Gasteiger partial charge in [0.05, 0.1) is 19.3 Å². The lowest BCUT2D eigenvalue weighted by Crippen LogP contribution is -2.67. The summed E-state index contributed by atoms with van der Waals surface area (Å²) in [6.45, 7) is 8.80. The number of aryl methyl sites for hydroxylation is 1. The molecule has 9 heteroatoms. The molecule has 4 aromatic rings. The van der Waals surface area contributed by atoms with E-state index in [0.717, 1.165) is 10.1 Å². The highest BCUT2D eigenvalue weighted by atomic mass is 28.4. The second-order valence-corrected chi connectivity index (χ2v) is 17.1. The van der Waals surface area contributed by atoms with Crippen molar-refractivity contribution in [3.63, 3.8) is 0 Å². The Balaban J connectivity index is 1.42. The predicted octanol–water partition coefficient (Wildman–Crippen LogP) is 4.36. The van der Waals surface area contributed by atoms with E-state index in [2.05, 4.69) is 69.3 Å². The second-order valence-electron chi connectivity index (χ2n) is 12.8. The standard InChI is InChI=1S/C36H44N2O6Si/c1-27-23-37(35(41)38(34(27)40)26-42-24-28-14-8-5-9-15-28)33-22-29(20-21-39)32(44-33)25-43-45(36(2,3)4,30-16-10-6-11-17-30)31-18-12-7-13-19-31/h5-19,23,29,32-33,39H,20-22,24-26H2,1-4H3/t29-,32+,33+/m0/s1. The molecule has 0 spiro atoms. The lowest BCUT2D eigenvalue weighted by atomic mass is 9.98. The van der Waals surface area contributed by atoms with E-state index in [1.54, 1.807) is 13.1 Å². The van der Waals surface area contributed by atoms with E-state index in [1.165, 1.54) is 14.9 Å². The van der Waals surface area contributed by atoms with Crippen LogP contribution in [-0.2, 0) is 27.2 Å². The van der Waals surface area contributed by atoms with Crippen LogP contribution in [-0.4, -0.2) is 41.9 Å². The minimum absolute atomic E-state index is 0.00277. The average Bonchev–Trinajstić information content (AvgIpc) is 3.44. The first-order valence-corrected chi connectivity index (χ1v) is 17.5. The highest BCUT2D eigenvalue weighted by Gasteiger charge is 2.51. The van der Waals surface area contributed by atoms with E-state index >= 15 is 0 Å². The predicted molar refractivity (Wildman–Crippen MR) is 178 cm³/mol. The fourth-order valence-corrected chi connectivity index (χ4v) is 11.0. The summed E-state index contributed by atoms with van der Waals surface area (Å²) >= 11 is 0. The Kier molecular flexibility index (Phi) is 10.4. The Morgan fingerprint density at radius 2 is 1.49 bits per heavy atom. The molecule has 2 heterocycles. The van der Waals surface area contributed by atoms with Gasteiger partial charge < -0.3 is 19.0 Å². The van der Waals surface area contributed by atoms with Gasteiger partial charge in [-0.05, 0) is 46.7 Å². The normalized spacial score (nSPS) is 18.7. The summed E-state index contributed by atoms with van der Waals surface area (Å²) in [4.78, 5) is 26.6. The lowest BCUT2D eigenvalue weighted by molar-refractivity contribution is -0.0328. The van der Waals surface area contributed by atoms with Crippen molar-refractivity contribution >= 4 is 18.7 Å². The van der Waals surface area contributed by atoms with Crippen LogP contribution in [0.2, 0.25) is 5.04 Å². The minimum Gasteiger partial charge on any atom is -0.405 e. The number of aliphatic hydroxyl groups excluding tert-OH is 1. The summed E-state index contributed by atoms with van der Waals surface area (Å²) in [5, 5.41) is 12.1. The molecule has 45 heavy (non-hydrogen) atoms. The summed E-state index contributed by atoms with van der Waals surface area (Å²) in [5.41, 5.74) is 0.501. The number of rotatable bonds is 12. The second kappa shape index (κ2) is 14.2. The van der Waals surface area contributed by atoms with Crippen LogP contribution in [0.5, 0.6) is 0 Å². The molecule has 0 amide bonds. The summed E-state index contributed by atoms with van der Waals surface area (Å²) in [7, 11) is -2.82. The zero-order chi connectivity index (χ0) is 32.0. The van der Waals surface area contributed by atoms with Gasteiger partial charge in [-0.2, -0.15) is 0 Å². The van der Waals surface area contributed by atoms with E-state index in [9.17, 15) is 14.7 Å². The summed E-state index contributed by atoms with van der Waals surface area (Å²) < 4.78 is 22.2. The van der Waals surface area contributed by atoms with Crippen LogP contribution >= 0.6 is 0 Å². The SMILES string of the molecule is Cc1cn([C@H]2C[C@H](CCO)[C@@H](CO[Si](c3ccccc3)(c3ccccc3)C(C)(C)C)O2)c(=O)n(COCc2ccccc2)c1=O. The Bertz CT molecular complexity index is 1610. The van der Waals surface area contributed by atoms with Gasteiger partial charge in [0.25, 0.3) is 13.9 Å². The first-order chi connectivity index (χ1) is 21.7. The molecule has 1 aliphatic heterocycles. The van der Waals surface area contributed by atoms with Crippen molar-refractivity contribution in [3.05, 3.63) is 129 Å². The molecule has 238 valence electrons.